The molecule has 1 aliphatic rings. The minimum Gasteiger partial charge on any atom is -0.481 e. The molecule has 28 heavy (non-hydrogen) atoms. The maximum Gasteiger partial charge on any atom is 0.320 e. The topological polar surface area (TPSA) is 114 Å². The lowest BCUT2D eigenvalue weighted by atomic mass is 10.1. The molecule has 0 aliphatic carbocycles. The minimum atomic E-state index is -1.38. The summed E-state index contributed by atoms with van der Waals surface area (Å²) in [6, 6.07) is 5.04. The predicted octanol–water partition coefficient (Wildman–Crippen LogP) is 0.908. The van der Waals surface area contributed by atoms with E-state index in [1.807, 2.05) is 20.8 Å². The molecular weight excluding hydrogens is 364 g/mol. The zero-order valence-corrected chi connectivity index (χ0v) is 16.6. The van der Waals surface area contributed by atoms with Crippen LogP contribution in [0.4, 0.5) is 0 Å². The third kappa shape index (κ3) is 5.88. The Kier molecular flexibility index (Phi) is 6.56. The first-order valence-corrected chi connectivity index (χ1v) is 9.15. The molecule has 0 saturated heterocycles. The zero-order valence-electron chi connectivity index (χ0n) is 16.6. The summed E-state index contributed by atoms with van der Waals surface area (Å²) in [6.45, 7) is 8.27. The van der Waals surface area contributed by atoms with Crippen molar-refractivity contribution in [3.05, 3.63) is 28.8 Å². The maximum atomic E-state index is 12.1. The van der Waals surface area contributed by atoms with Gasteiger partial charge in [-0.2, -0.15) is 0 Å². The number of nitrogens with zero attached hydrogens (tertiary/aromatic N) is 1. The van der Waals surface area contributed by atoms with Gasteiger partial charge in [-0.05, 0) is 32.9 Å². The summed E-state index contributed by atoms with van der Waals surface area (Å²) in [5, 5.41) is 13.2. The van der Waals surface area contributed by atoms with Crippen LogP contribution in [0.15, 0.2) is 23.2 Å². The van der Waals surface area contributed by atoms with E-state index in [9.17, 15) is 14.4 Å². The molecule has 8 nitrogen and oxygen atoms in total. The number of esters is 1. The minimum absolute atomic E-state index is 0.155. The van der Waals surface area contributed by atoms with Gasteiger partial charge in [0.1, 0.15) is 12.2 Å². The van der Waals surface area contributed by atoms with Gasteiger partial charge in [-0.1, -0.05) is 13.0 Å². The van der Waals surface area contributed by atoms with Crippen molar-refractivity contribution in [3.63, 3.8) is 0 Å². The third-order valence-corrected chi connectivity index (χ3v) is 4.13. The molecule has 0 aromatic heterocycles. The van der Waals surface area contributed by atoms with Gasteiger partial charge in [0.25, 0.3) is 11.7 Å². The number of fused-ring (bicyclic) bond motifs is 1. The molecule has 1 heterocycles. The number of carbonyl (C=O) groups is 3. The third-order valence-electron chi connectivity index (χ3n) is 4.13. The van der Waals surface area contributed by atoms with E-state index >= 15 is 0 Å². The SMILES string of the molecule is CCC(CCNC(C)(C)C)(OC(=O)CC(=O)O)Oc1cccc2c1=CC(=O)N=2. The second kappa shape index (κ2) is 8.52. The van der Waals surface area contributed by atoms with E-state index in [1.54, 1.807) is 25.1 Å². The van der Waals surface area contributed by atoms with E-state index in [-0.39, 0.29) is 11.4 Å². The molecule has 0 bridgehead atoms. The first kappa shape index (κ1) is 21.6. The molecule has 1 amide bonds. The Morgan fingerprint density at radius 2 is 1.96 bits per heavy atom. The van der Waals surface area contributed by atoms with Crippen LogP contribution in [0.25, 0.3) is 6.08 Å². The Balaban J connectivity index is 2.32. The number of carboxylic acid groups (broad SMARTS) is 1. The average molecular weight is 390 g/mol. The summed E-state index contributed by atoms with van der Waals surface area (Å²) in [6.07, 6.45) is 1.18. The van der Waals surface area contributed by atoms with Crippen molar-refractivity contribution in [1.82, 2.24) is 5.32 Å². The Morgan fingerprint density at radius 1 is 1.25 bits per heavy atom. The second-order valence-corrected chi connectivity index (χ2v) is 7.62. The van der Waals surface area contributed by atoms with Gasteiger partial charge in [-0.25, -0.2) is 4.99 Å². The first-order chi connectivity index (χ1) is 13.0. The monoisotopic (exact) mass is 390 g/mol. The fourth-order valence-electron chi connectivity index (χ4n) is 2.78. The molecular formula is C20H26N2O6. The van der Waals surface area contributed by atoms with Crippen LogP contribution in [0.5, 0.6) is 5.75 Å². The second-order valence-electron chi connectivity index (χ2n) is 7.62. The Hall–Kier alpha value is -2.74. The lowest BCUT2D eigenvalue weighted by molar-refractivity contribution is -0.202. The fourth-order valence-corrected chi connectivity index (χ4v) is 2.78. The van der Waals surface area contributed by atoms with Crippen LogP contribution in [0, 0.1) is 0 Å². The number of carbonyl (C=O) groups excluding carboxylic acids is 2. The summed E-state index contributed by atoms with van der Waals surface area (Å²) in [5.41, 5.74) is -0.155. The summed E-state index contributed by atoms with van der Waals surface area (Å²) < 4.78 is 11.6. The van der Waals surface area contributed by atoms with E-state index in [2.05, 4.69) is 10.3 Å². The highest BCUT2D eigenvalue weighted by Crippen LogP contribution is 2.25. The molecule has 8 heteroatoms. The number of hydrogen-bond acceptors (Lipinski definition) is 6. The van der Waals surface area contributed by atoms with Gasteiger partial charge in [-0.3, -0.25) is 14.4 Å². The largest absolute Gasteiger partial charge is 0.481 e. The van der Waals surface area contributed by atoms with E-state index < -0.39 is 24.1 Å². The van der Waals surface area contributed by atoms with Crippen molar-refractivity contribution in [2.45, 2.75) is 58.3 Å². The number of hydrogen-bond donors (Lipinski definition) is 2. The highest BCUT2D eigenvalue weighted by Gasteiger charge is 2.36. The van der Waals surface area contributed by atoms with Crippen molar-refractivity contribution in [2.75, 3.05) is 6.54 Å². The van der Waals surface area contributed by atoms with E-state index in [1.165, 1.54) is 6.08 Å². The lowest BCUT2D eigenvalue weighted by Crippen LogP contribution is -2.47. The van der Waals surface area contributed by atoms with Gasteiger partial charge in [0.15, 0.2) is 0 Å². The zero-order chi connectivity index (χ0) is 20.9. The molecule has 2 rings (SSSR count). The lowest BCUT2D eigenvalue weighted by Gasteiger charge is -2.34. The highest BCUT2D eigenvalue weighted by molar-refractivity contribution is 6.06. The smallest absolute Gasteiger partial charge is 0.320 e. The molecule has 0 fully saturated rings. The maximum absolute atomic E-state index is 12.1. The van der Waals surface area contributed by atoms with Crippen LogP contribution in [0.1, 0.15) is 47.0 Å². The van der Waals surface area contributed by atoms with Crippen LogP contribution in [0.2, 0.25) is 0 Å². The molecule has 0 radical (unpaired) electrons. The summed E-state index contributed by atoms with van der Waals surface area (Å²) in [7, 11) is 0. The molecule has 1 aromatic carbocycles. The van der Waals surface area contributed by atoms with E-state index in [4.69, 9.17) is 14.6 Å². The quantitative estimate of drug-likeness (QED) is 0.366. The van der Waals surface area contributed by atoms with Gasteiger partial charge >= 0.3 is 11.9 Å². The van der Waals surface area contributed by atoms with Crippen molar-refractivity contribution in [1.29, 1.82) is 0 Å². The van der Waals surface area contributed by atoms with Gasteiger partial charge in [0.05, 0.1) is 5.36 Å². The molecule has 1 aromatic rings. The number of aliphatic carboxylic acids is 1. The summed E-state index contributed by atoms with van der Waals surface area (Å²) >= 11 is 0. The molecule has 0 spiro atoms. The summed E-state index contributed by atoms with van der Waals surface area (Å²) in [5.74, 6) is -3.57. The first-order valence-electron chi connectivity index (χ1n) is 9.15. The van der Waals surface area contributed by atoms with Gasteiger partial charge in [-0.15, -0.1) is 0 Å². The van der Waals surface area contributed by atoms with Crippen LogP contribution in [-0.4, -0.2) is 40.8 Å². The molecule has 152 valence electrons. The molecule has 1 unspecified atom stereocenters. The van der Waals surface area contributed by atoms with Gasteiger partial charge in [0.2, 0.25) is 0 Å². The van der Waals surface area contributed by atoms with Crippen LogP contribution in [0.3, 0.4) is 0 Å². The van der Waals surface area contributed by atoms with Crippen molar-refractivity contribution in [2.24, 2.45) is 4.99 Å². The number of amides is 1. The van der Waals surface area contributed by atoms with Gasteiger partial charge in [0, 0.05) is 36.2 Å². The number of nitrogens with one attached hydrogen (secondary N) is 1. The predicted molar refractivity (Wildman–Crippen MR) is 101 cm³/mol. The average Bonchev–Trinajstić information content (AvgIpc) is 2.94. The number of ether oxygens (including phenoxy) is 2. The summed E-state index contributed by atoms with van der Waals surface area (Å²) in [4.78, 5) is 38.5. The van der Waals surface area contributed by atoms with Crippen molar-refractivity contribution < 1.29 is 29.0 Å². The van der Waals surface area contributed by atoms with Crippen molar-refractivity contribution in [3.8, 4) is 5.75 Å². The van der Waals surface area contributed by atoms with E-state index in [0.29, 0.717) is 35.7 Å². The van der Waals surface area contributed by atoms with Crippen molar-refractivity contribution >= 4 is 23.9 Å². The number of benzene rings is 1. The molecule has 0 saturated carbocycles. The standard InChI is InChI=1S/C20H26N2O6/c1-5-20(9-10-21-19(2,3)4,28-18(26)12-17(24)25)27-15-8-6-7-14-13(15)11-16(23)22-14/h6-8,11,21H,5,9-10,12H2,1-4H3,(H,24,25). The fraction of sp³-hybridized carbons (Fsp3) is 0.500. The van der Waals surface area contributed by atoms with Crippen LogP contribution in [-0.2, 0) is 19.1 Å². The Morgan fingerprint density at radius 3 is 2.57 bits per heavy atom. The van der Waals surface area contributed by atoms with Gasteiger partial charge < -0.3 is 19.9 Å². The highest BCUT2D eigenvalue weighted by atomic mass is 16.7. The molecule has 1 atom stereocenters. The van der Waals surface area contributed by atoms with Crippen LogP contribution < -0.4 is 20.6 Å². The number of carboxylic acids is 1. The Labute approximate surface area is 163 Å². The normalized spacial score (nSPS) is 15.1. The molecule has 2 N–H and O–H groups in total. The van der Waals surface area contributed by atoms with E-state index in [0.717, 1.165) is 0 Å². The molecule has 1 aliphatic heterocycles. The Bertz CT molecular complexity index is 887. The van der Waals surface area contributed by atoms with Crippen LogP contribution >= 0.6 is 0 Å². The number of rotatable bonds is 9.